The fourth-order valence-corrected chi connectivity index (χ4v) is 2.98. The molecule has 0 saturated carbocycles. The number of hydrogen-bond donors (Lipinski definition) is 0. The SMILES string of the molecule is Cc1nc(SCCOc2ccc(C#N)cc2)c(C#N)c(C)c1C. The largest absolute Gasteiger partial charge is 0.493 e. The molecule has 2 rings (SSSR count). The molecule has 0 aliphatic carbocycles. The van der Waals surface area contributed by atoms with Crippen LogP contribution in [0.15, 0.2) is 29.3 Å². The fraction of sp³-hybridized carbons (Fsp3) is 0.278. The van der Waals surface area contributed by atoms with Gasteiger partial charge in [0.25, 0.3) is 0 Å². The smallest absolute Gasteiger partial charge is 0.119 e. The first-order valence-electron chi connectivity index (χ1n) is 7.20. The Morgan fingerprint density at radius 2 is 1.74 bits per heavy atom. The number of thioether (sulfide) groups is 1. The predicted octanol–water partition coefficient (Wildman–Crippen LogP) is 3.92. The van der Waals surface area contributed by atoms with Crippen LogP contribution in [0, 0.1) is 43.4 Å². The number of aromatic nitrogens is 1. The van der Waals surface area contributed by atoms with Gasteiger partial charge in [0, 0.05) is 11.4 Å². The van der Waals surface area contributed by atoms with Crippen molar-refractivity contribution in [2.24, 2.45) is 0 Å². The molecule has 0 aliphatic rings. The highest BCUT2D eigenvalue weighted by Crippen LogP contribution is 2.26. The van der Waals surface area contributed by atoms with Crippen molar-refractivity contribution < 1.29 is 4.74 Å². The highest BCUT2D eigenvalue weighted by atomic mass is 32.2. The first-order chi connectivity index (χ1) is 11.1. The molecule has 0 aliphatic heterocycles. The predicted molar refractivity (Wildman–Crippen MR) is 90.5 cm³/mol. The minimum atomic E-state index is 0.509. The molecule has 1 aromatic carbocycles. The molecule has 2 aromatic rings. The lowest BCUT2D eigenvalue weighted by Crippen LogP contribution is -2.03. The van der Waals surface area contributed by atoms with Gasteiger partial charge in [0.15, 0.2) is 0 Å². The molecule has 0 atom stereocenters. The lowest BCUT2D eigenvalue weighted by Gasteiger charge is -2.11. The van der Waals surface area contributed by atoms with E-state index in [0.29, 0.717) is 23.5 Å². The Balaban J connectivity index is 1.96. The van der Waals surface area contributed by atoms with Crippen LogP contribution < -0.4 is 4.74 Å². The van der Waals surface area contributed by atoms with Gasteiger partial charge in [0.05, 0.1) is 23.8 Å². The zero-order chi connectivity index (χ0) is 16.8. The van der Waals surface area contributed by atoms with Gasteiger partial charge < -0.3 is 4.74 Å². The van der Waals surface area contributed by atoms with Crippen molar-refractivity contribution >= 4 is 11.8 Å². The molecule has 0 N–H and O–H groups in total. The van der Waals surface area contributed by atoms with Crippen LogP contribution in [0.25, 0.3) is 0 Å². The number of benzene rings is 1. The summed E-state index contributed by atoms with van der Waals surface area (Å²) in [5.41, 5.74) is 4.28. The molecule has 0 amide bonds. The number of nitrogens with zero attached hydrogens (tertiary/aromatic N) is 3. The molecule has 23 heavy (non-hydrogen) atoms. The number of nitriles is 2. The Bertz CT molecular complexity index is 786. The minimum absolute atomic E-state index is 0.509. The molecule has 0 saturated heterocycles. The van der Waals surface area contributed by atoms with Crippen molar-refractivity contribution in [2.45, 2.75) is 25.8 Å². The summed E-state index contributed by atoms with van der Waals surface area (Å²) < 4.78 is 5.64. The standard InChI is InChI=1S/C18H17N3OS/c1-12-13(2)17(11-20)18(21-14(12)3)23-9-8-22-16-6-4-15(10-19)5-7-16/h4-7H,8-9H2,1-3H3. The van der Waals surface area contributed by atoms with Gasteiger partial charge in [0.2, 0.25) is 0 Å². The van der Waals surface area contributed by atoms with Crippen molar-refractivity contribution in [2.75, 3.05) is 12.4 Å². The maximum absolute atomic E-state index is 9.34. The van der Waals surface area contributed by atoms with E-state index in [-0.39, 0.29) is 0 Å². The Kier molecular flexibility index (Phi) is 5.62. The third kappa shape index (κ3) is 4.03. The van der Waals surface area contributed by atoms with Crippen LogP contribution in [-0.2, 0) is 0 Å². The second-order valence-electron chi connectivity index (χ2n) is 5.07. The topological polar surface area (TPSA) is 69.7 Å². The van der Waals surface area contributed by atoms with E-state index in [9.17, 15) is 5.26 Å². The van der Waals surface area contributed by atoms with Crippen LogP contribution in [0.3, 0.4) is 0 Å². The van der Waals surface area contributed by atoms with Crippen molar-refractivity contribution in [1.29, 1.82) is 10.5 Å². The molecule has 0 spiro atoms. The summed E-state index contributed by atoms with van der Waals surface area (Å²) in [5.74, 6) is 1.43. The highest BCUT2D eigenvalue weighted by Gasteiger charge is 2.12. The number of hydrogen-bond acceptors (Lipinski definition) is 5. The fourth-order valence-electron chi connectivity index (χ4n) is 2.07. The quantitative estimate of drug-likeness (QED) is 0.616. The van der Waals surface area contributed by atoms with E-state index >= 15 is 0 Å². The first-order valence-corrected chi connectivity index (χ1v) is 8.19. The highest BCUT2D eigenvalue weighted by molar-refractivity contribution is 7.99. The van der Waals surface area contributed by atoms with E-state index in [0.717, 1.165) is 27.6 Å². The maximum Gasteiger partial charge on any atom is 0.119 e. The van der Waals surface area contributed by atoms with Crippen LogP contribution in [0.1, 0.15) is 27.9 Å². The van der Waals surface area contributed by atoms with Gasteiger partial charge in [-0.1, -0.05) is 0 Å². The van der Waals surface area contributed by atoms with Crippen LogP contribution in [0.4, 0.5) is 0 Å². The summed E-state index contributed by atoms with van der Waals surface area (Å²) in [4.78, 5) is 4.52. The van der Waals surface area contributed by atoms with Crippen LogP contribution >= 0.6 is 11.8 Å². The molecule has 5 heteroatoms. The van der Waals surface area contributed by atoms with E-state index < -0.39 is 0 Å². The number of pyridine rings is 1. The maximum atomic E-state index is 9.34. The summed E-state index contributed by atoms with van der Waals surface area (Å²) in [5, 5.41) is 18.9. The van der Waals surface area contributed by atoms with Gasteiger partial charge in [-0.2, -0.15) is 10.5 Å². The molecule has 1 aromatic heterocycles. The zero-order valence-corrected chi connectivity index (χ0v) is 14.2. The molecule has 0 unspecified atom stereocenters. The lowest BCUT2D eigenvalue weighted by atomic mass is 10.1. The molecular formula is C18H17N3OS. The Hall–Kier alpha value is -2.50. The monoisotopic (exact) mass is 323 g/mol. The molecule has 4 nitrogen and oxygen atoms in total. The summed E-state index contributed by atoms with van der Waals surface area (Å²) >= 11 is 1.52. The third-order valence-corrected chi connectivity index (χ3v) is 4.59. The average molecular weight is 323 g/mol. The van der Waals surface area contributed by atoms with E-state index in [1.807, 2.05) is 20.8 Å². The van der Waals surface area contributed by atoms with Crippen LogP contribution in [-0.4, -0.2) is 17.3 Å². The van der Waals surface area contributed by atoms with Gasteiger partial charge in [-0.3, -0.25) is 0 Å². The van der Waals surface area contributed by atoms with Gasteiger partial charge in [-0.25, -0.2) is 4.98 Å². The molecule has 0 radical (unpaired) electrons. The second kappa shape index (κ2) is 7.67. The third-order valence-electron chi connectivity index (χ3n) is 3.65. The van der Waals surface area contributed by atoms with E-state index in [2.05, 4.69) is 17.1 Å². The molecular weight excluding hydrogens is 306 g/mol. The van der Waals surface area contributed by atoms with Crippen molar-refractivity contribution in [3.8, 4) is 17.9 Å². The normalized spacial score (nSPS) is 9.96. The molecule has 1 heterocycles. The Labute approximate surface area is 140 Å². The number of aryl methyl sites for hydroxylation is 1. The first kappa shape index (κ1) is 16.9. The van der Waals surface area contributed by atoms with Crippen molar-refractivity contribution in [1.82, 2.24) is 4.98 Å². The summed E-state index contributed by atoms with van der Waals surface area (Å²) in [6.45, 7) is 6.41. The Morgan fingerprint density at radius 1 is 1.04 bits per heavy atom. The second-order valence-corrected chi connectivity index (χ2v) is 6.16. The van der Waals surface area contributed by atoms with Crippen LogP contribution in [0.5, 0.6) is 5.75 Å². The molecule has 0 fully saturated rings. The van der Waals surface area contributed by atoms with Crippen molar-refractivity contribution in [3.05, 3.63) is 52.2 Å². The van der Waals surface area contributed by atoms with Gasteiger partial charge in [-0.05, 0) is 56.2 Å². The van der Waals surface area contributed by atoms with E-state index in [1.165, 1.54) is 11.8 Å². The minimum Gasteiger partial charge on any atom is -0.493 e. The van der Waals surface area contributed by atoms with Gasteiger partial charge >= 0.3 is 0 Å². The van der Waals surface area contributed by atoms with Gasteiger partial charge in [0.1, 0.15) is 16.8 Å². The Morgan fingerprint density at radius 3 is 2.35 bits per heavy atom. The summed E-state index contributed by atoms with van der Waals surface area (Å²) in [6.07, 6.45) is 0. The van der Waals surface area contributed by atoms with Crippen LogP contribution in [0.2, 0.25) is 0 Å². The van der Waals surface area contributed by atoms with E-state index in [1.54, 1.807) is 24.3 Å². The number of ether oxygens (including phenoxy) is 1. The summed E-state index contributed by atoms with van der Waals surface area (Å²) in [6, 6.07) is 11.3. The van der Waals surface area contributed by atoms with E-state index in [4.69, 9.17) is 10.00 Å². The number of rotatable bonds is 5. The zero-order valence-electron chi connectivity index (χ0n) is 13.4. The molecule has 116 valence electrons. The van der Waals surface area contributed by atoms with Gasteiger partial charge in [-0.15, -0.1) is 11.8 Å². The average Bonchev–Trinajstić information content (AvgIpc) is 2.57. The summed E-state index contributed by atoms with van der Waals surface area (Å²) in [7, 11) is 0. The van der Waals surface area contributed by atoms with Crippen molar-refractivity contribution in [3.63, 3.8) is 0 Å². The lowest BCUT2D eigenvalue weighted by molar-refractivity contribution is 0.344. The molecule has 0 bridgehead atoms.